The number of fused-ring (bicyclic) bond motifs is 3. The third-order valence-electron chi connectivity index (χ3n) is 4.89. The van der Waals surface area contributed by atoms with Crippen molar-refractivity contribution in [3.05, 3.63) is 48.0 Å². The van der Waals surface area contributed by atoms with Crippen LogP contribution in [0.4, 0.5) is 0 Å². The highest BCUT2D eigenvalue weighted by atomic mass is 15.0. The smallest absolute Gasteiger partial charge is 0.0468 e. The zero-order valence-electron chi connectivity index (χ0n) is 11.1. The molecule has 1 fully saturated rings. The first-order chi connectivity index (χ1) is 8.87. The van der Waals surface area contributed by atoms with E-state index in [2.05, 4.69) is 36.2 Å². The van der Waals surface area contributed by atoms with Crippen LogP contribution in [-0.4, -0.2) is 6.54 Å². The number of rotatable bonds is 3. The van der Waals surface area contributed by atoms with Gasteiger partial charge in [-0.2, -0.15) is 0 Å². The van der Waals surface area contributed by atoms with Gasteiger partial charge in [-0.1, -0.05) is 43.2 Å². The fourth-order valence-corrected chi connectivity index (χ4v) is 4.08. The van der Waals surface area contributed by atoms with E-state index in [0.717, 1.165) is 12.5 Å². The lowest BCUT2D eigenvalue weighted by Gasteiger charge is -2.49. The summed E-state index contributed by atoms with van der Waals surface area (Å²) in [5.74, 6) is 0.820. The van der Waals surface area contributed by atoms with Crippen LogP contribution in [0, 0.1) is 5.92 Å². The predicted octanol–water partition coefficient (Wildman–Crippen LogP) is 3.79. The molecule has 96 valence electrons. The van der Waals surface area contributed by atoms with Gasteiger partial charge in [0.25, 0.3) is 0 Å². The first-order valence-electron chi connectivity index (χ1n) is 7.31. The molecule has 0 unspecified atom stereocenters. The molecule has 1 N–H and O–H groups in total. The van der Waals surface area contributed by atoms with Gasteiger partial charge in [-0.05, 0) is 42.7 Å². The van der Waals surface area contributed by atoms with Crippen molar-refractivity contribution >= 4 is 0 Å². The Morgan fingerprint density at radius 2 is 2.17 bits per heavy atom. The Balaban J connectivity index is 2.03. The molecule has 0 saturated heterocycles. The fourth-order valence-electron chi connectivity index (χ4n) is 4.08. The normalized spacial score (nSPS) is 30.3. The van der Waals surface area contributed by atoms with Crippen molar-refractivity contribution < 1.29 is 0 Å². The van der Waals surface area contributed by atoms with Gasteiger partial charge >= 0.3 is 0 Å². The van der Waals surface area contributed by atoms with Crippen LogP contribution in [0.5, 0.6) is 0 Å². The minimum Gasteiger partial charge on any atom is -0.304 e. The second-order valence-corrected chi connectivity index (χ2v) is 5.78. The van der Waals surface area contributed by atoms with Crippen LogP contribution in [0.2, 0.25) is 0 Å². The molecule has 0 heterocycles. The lowest BCUT2D eigenvalue weighted by atomic mass is 9.62. The predicted molar refractivity (Wildman–Crippen MR) is 76.6 cm³/mol. The van der Waals surface area contributed by atoms with Crippen LogP contribution in [0.15, 0.2) is 36.9 Å². The molecule has 2 atom stereocenters. The van der Waals surface area contributed by atoms with E-state index < -0.39 is 0 Å². The Morgan fingerprint density at radius 3 is 3.06 bits per heavy atom. The summed E-state index contributed by atoms with van der Waals surface area (Å²) in [7, 11) is 0. The Bertz CT molecular complexity index is 437. The van der Waals surface area contributed by atoms with Crippen molar-refractivity contribution in [2.45, 2.75) is 44.1 Å². The minimum absolute atomic E-state index is 0.237. The van der Waals surface area contributed by atoms with Gasteiger partial charge in [0, 0.05) is 12.1 Å². The van der Waals surface area contributed by atoms with E-state index in [-0.39, 0.29) is 5.54 Å². The summed E-state index contributed by atoms with van der Waals surface area (Å²) >= 11 is 0. The van der Waals surface area contributed by atoms with Crippen molar-refractivity contribution in [1.82, 2.24) is 5.32 Å². The summed E-state index contributed by atoms with van der Waals surface area (Å²) in [5, 5.41) is 3.82. The highest BCUT2D eigenvalue weighted by Gasteiger charge is 2.44. The lowest BCUT2D eigenvalue weighted by Crippen LogP contribution is -2.52. The van der Waals surface area contributed by atoms with Crippen molar-refractivity contribution in [1.29, 1.82) is 0 Å². The first kappa shape index (κ1) is 12.0. The molecular weight excluding hydrogens is 218 g/mol. The summed E-state index contributed by atoms with van der Waals surface area (Å²) in [6.07, 6.45) is 10.1. The maximum atomic E-state index is 3.87. The van der Waals surface area contributed by atoms with E-state index in [0.29, 0.717) is 0 Å². The first-order valence-corrected chi connectivity index (χ1v) is 7.31. The fraction of sp³-hybridized carbons (Fsp3) is 0.529. The maximum absolute atomic E-state index is 3.87. The van der Waals surface area contributed by atoms with Gasteiger partial charge in [0.1, 0.15) is 0 Å². The molecule has 0 spiro atoms. The molecule has 0 aliphatic heterocycles. The molecule has 3 rings (SSSR count). The average molecular weight is 241 g/mol. The summed E-state index contributed by atoms with van der Waals surface area (Å²) in [5.41, 5.74) is 3.37. The quantitative estimate of drug-likeness (QED) is 0.794. The zero-order valence-corrected chi connectivity index (χ0v) is 11.1. The van der Waals surface area contributed by atoms with Crippen LogP contribution in [0.25, 0.3) is 0 Å². The summed E-state index contributed by atoms with van der Waals surface area (Å²) in [6.45, 7) is 4.79. The van der Waals surface area contributed by atoms with Gasteiger partial charge in [-0.3, -0.25) is 0 Å². The largest absolute Gasteiger partial charge is 0.304 e. The SMILES string of the molecule is C=CCN[C@]12CCCC[C@H]1CCc1ccccc12. The Kier molecular flexibility index (Phi) is 3.25. The number of aryl methyl sites for hydroxylation is 1. The monoisotopic (exact) mass is 241 g/mol. The number of hydrogen-bond acceptors (Lipinski definition) is 1. The molecule has 0 radical (unpaired) electrons. The van der Waals surface area contributed by atoms with Gasteiger partial charge in [0.15, 0.2) is 0 Å². The van der Waals surface area contributed by atoms with Crippen LogP contribution in [0.1, 0.15) is 43.2 Å². The minimum atomic E-state index is 0.237. The second kappa shape index (κ2) is 4.89. The summed E-state index contributed by atoms with van der Waals surface area (Å²) < 4.78 is 0. The highest BCUT2D eigenvalue weighted by Crippen LogP contribution is 2.48. The Hall–Kier alpha value is -1.08. The molecule has 0 bridgehead atoms. The molecule has 18 heavy (non-hydrogen) atoms. The molecule has 1 saturated carbocycles. The standard InChI is InChI=1S/C17H23N/c1-2-13-18-17-12-6-5-8-15(17)11-10-14-7-3-4-9-16(14)17/h2-4,7,9,15,18H,1,5-6,8,10-13H2/t15-,17+/m0/s1. The lowest BCUT2D eigenvalue weighted by molar-refractivity contribution is 0.124. The van der Waals surface area contributed by atoms with E-state index in [1.54, 1.807) is 11.1 Å². The van der Waals surface area contributed by atoms with Crippen LogP contribution >= 0.6 is 0 Å². The number of benzene rings is 1. The van der Waals surface area contributed by atoms with Crippen molar-refractivity contribution in [2.24, 2.45) is 5.92 Å². The highest BCUT2D eigenvalue weighted by molar-refractivity contribution is 5.38. The van der Waals surface area contributed by atoms with Gasteiger partial charge in [-0.25, -0.2) is 0 Å². The molecule has 2 aliphatic carbocycles. The van der Waals surface area contributed by atoms with Crippen molar-refractivity contribution in [3.63, 3.8) is 0 Å². The van der Waals surface area contributed by atoms with Gasteiger partial charge in [0.05, 0.1) is 0 Å². The second-order valence-electron chi connectivity index (χ2n) is 5.78. The van der Waals surface area contributed by atoms with Crippen LogP contribution < -0.4 is 5.32 Å². The van der Waals surface area contributed by atoms with Crippen LogP contribution in [0.3, 0.4) is 0 Å². The molecule has 0 amide bonds. The summed E-state index contributed by atoms with van der Waals surface area (Å²) in [6, 6.07) is 9.05. The van der Waals surface area contributed by atoms with E-state index in [1.165, 1.54) is 38.5 Å². The molecule has 0 aromatic heterocycles. The van der Waals surface area contributed by atoms with Crippen LogP contribution in [-0.2, 0) is 12.0 Å². The average Bonchev–Trinajstić information content (AvgIpc) is 2.45. The molecule has 2 aliphatic rings. The molecule has 1 aromatic rings. The molecule has 1 heteroatoms. The van der Waals surface area contributed by atoms with E-state index >= 15 is 0 Å². The van der Waals surface area contributed by atoms with E-state index in [9.17, 15) is 0 Å². The molecular formula is C17H23N. The Morgan fingerprint density at radius 1 is 1.28 bits per heavy atom. The topological polar surface area (TPSA) is 12.0 Å². The van der Waals surface area contributed by atoms with Crippen molar-refractivity contribution in [3.8, 4) is 0 Å². The van der Waals surface area contributed by atoms with Crippen molar-refractivity contribution in [2.75, 3.05) is 6.54 Å². The van der Waals surface area contributed by atoms with Gasteiger partial charge in [-0.15, -0.1) is 6.58 Å². The maximum Gasteiger partial charge on any atom is 0.0468 e. The third kappa shape index (κ3) is 1.81. The third-order valence-corrected chi connectivity index (χ3v) is 4.89. The van der Waals surface area contributed by atoms with E-state index in [4.69, 9.17) is 0 Å². The zero-order chi connectivity index (χ0) is 12.4. The number of hydrogen-bond donors (Lipinski definition) is 1. The van der Waals surface area contributed by atoms with Gasteiger partial charge in [0.2, 0.25) is 0 Å². The summed E-state index contributed by atoms with van der Waals surface area (Å²) in [4.78, 5) is 0. The number of nitrogens with one attached hydrogen (secondary N) is 1. The van der Waals surface area contributed by atoms with Gasteiger partial charge < -0.3 is 5.32 Å². The molecule has 1 aromatic carbocycles. The Labute approximate surface area is 110 Å². The van der Waals surface area contributed by atoms with E-state index in [1.807, 2.05) is 6.08 Å². The molecule has 1 nitrogen and oxygen atoms in total.